The average Bonchev–Trinajstić information content (AvgIpc) is 2.17. The van der Waals surface area contributed by atoms with E-state index in [4.69, 9.17) is 4.74 Å². The Morgan fingerprint density at radius 2 is 1.86 bits per heavy atom. The summed E-state index contributed by atoms with van der Waals surface area (Å²) < 4.78 is 5.06. The number of esters is 1. The molecule has 0 unspecified atom stereocenters. The van der Waals surface area contributed by atoms with Crippen molar-refractivity contribution in [2.24, 2.45) is 0 Å². The van der Waals surface area contributed by atoms with E-state index in [2.05, 4.69) is 13.5 Å². The van der Waals surface area contributed by atoms with E-state index in [0.717, 1.165) is 25.7 Å². The quantitative estimate of drug-likeness (QED) is 0.339. The van der Waals surface area contributed by atoms with Gasteiger partial charge in [-0.15, -0.1) is 0 Å². The Bertz CT molecular complexity index is 173. The number of hydrogen-bond acceptors (Lipinski definition) is 2. The summed E-state index contributed by atoms with van der Waals surface area (Å²) in [5.41, 5.74) is 0.600. The summed E-state index contributed by atoms with van der Waals surface area (Å²) in [6, 6.07) is 0. The van der Waals surface area contributed by atoms with Crippen LogP contribution in [-0.4, -0.2) is 12.6 Å². The number of unbranched alkanes of at least 4 members (excludes halogenated alkanes) is 3. The van der Waals surface area contributed by atoms with Gasteiger partial charge in [-0.1, -0.05) is 46.1 Å². The maximum atomic E-state index is 11.2. The van der Waals surface area contributed by atoms with Crippen molar-refractivity contribution in [3.8, 4) is 0 Å². The fourth-order valence-corrected chi connectivity index (χ4v) is 1.20. The highest BCUT2D eigenvalue weighted by Gasteiger charge is 2.06. The lowest BCUT2D eigenvalue weighted by Gasteiger charge is -2.05. The number of carbonyl (C=O) groups excluding carboxylic acids is 1. The third-order valence-corrected chi connectivity index (χ3v) is 2.07. The Labute approximate surface area is 87.3 Å². The molecule has 0 heterocycles. The Hall–Kier alpha value is -0.790. The summed E-state index contributed by atoms with van der Waals surface area (Å²) >= 11 is 0. The predicted molar refractivity (Wildman–Crippen MR) is 59.1 cm³/mol. The van der Waals surface area contributed by atoms with E-state index >= 15 is 0 Å². The van der Waals surface area contributed by atoms with Crippen LogP contribution in [0.15, 0.2) is 12.2 Å². The molecule has 0 aromatic carbocycles. The van der Waals surface area contributed by atoms with Gasteiger partial charge in [0.15, 0.2) is 0 Å². The van der Waals surface area contributed by atoms with Gasteiger partial charge >= 0.3 is 5.97 Å². The van der Waals surface area contributed by atoms with Crippen LogP contribution >= 0.6 is 0 Å². The van der Waals surface area contributed by atoms with E-state index < -0.39 is 0 Å². The van der Waals surface area contributed by atoms with Gasteiger partial charge in [0.25, 0.3) is 0 Å². The molecular weight excluding hydrogens is 176 g/mol. The summed E-state index contributed by atoms with van der Waals surface area (Å²) in [7, 11) is 0. The third-order valence-electron chi connectivity index (χ3n) is 2.07. The van der Waals surface area contributed by atoms with Gasteiger partial charge in [-0.05, 0) is 12.8 Å². The lowest BCUT2D eigenvalue weighted by atomic mass is 10.2. The van der Waals surface area contributed by atoms with Gasteiger partial charge in [0.2, 0.25) is 0 Å². The lowest BCUT2D eigenvalue weighted by Crippen LogP contribution is -2.08. The van der Waals surface area contributed by atoms with Crippen LogP contribution in [0.5, 0.6) is 0 Å². The maximum absolute atomic E-state index is 11.2. The van der Waals surface area contributed by atoms with Crippen molar-refractivity contribution in [1.29, 1.82) is 0 Å². The highest BCUT2D eigenvalue weighted by Crippen LogP contribution is 2.05. The number of ether oxygens (including phenoxy) is 1. The first-order valence-corrected chi connectivity index (χ1v) is 5.57. The fraction of sp³-hybridized carbons (Fsp3) is 0.750. The first-order chi connectivity index (χ1) is 6.72. The predicted octanol–water partition coefficient (Wildman–Crippen LogP) is 3.47. The van der Waals surface area contributed by atoms with Crippen molar-refractivity contribution >= 4 is 5.97 Å². The lowest BCUT2D eigenvalue weighted by molar-refractivity contribution is -0.139. The van der Waals surface area contributed by atoms with Crippen LogP contribution < -0.4 is 0 Å². The zero-order valence-corrected chi connectivity index (χ0v) is 9.47. The molecule has 0 aliphatic heterocycles. The summed E-state index contributed by atoms with van der Waals surface area (Å²) in [5, 5.41) is 0. The summed E-state index contributed by atoms with van der Waals surface area (Å²) in [6.07, 6.45) is 6.23. The van der Waals surface area contributed by atoms with Crippen LogP contribution in [0.4, 0.5) is 0 Å². The minimum atomic E-state index is -0.219. The van der Waals surface area contributed by atoms with Crippen LogP contribution in [0.25, 0.3) is 0 Å². The van der Waals surface area contributed by atoms with Crippen LogP contribution in [0.3, 0.4) is 0 Å². The second-order valence-corrected chi connectivity index (χ2v) is 3.55. The zero-order valence-electron chi connectivity index (χ0n) is 9.47. The molecule has 2 heteroatoms. The summed E-state index contributed by atoms with van der Waals surface area (Å²) in [6.45, 7) is 8.42. The number of hydrogen-bond donors (Lipinski definition) is 0. The minimum absolute atomic E-state index is 0.219. The molecule has 2 nitrogen and oxygen atoms in total. The monoisotopic (exact) mass is 198 g/mol. The zero-order chi connectivity index (χ0) is 10.8. The Balaban J connectivity index is 3.39. The second-order valence-electron chi connectivity index (χ2n) is 3.55. The fourth-order valence-electron chi connectivity index (χ4n) is 1.20. The van der Waals surface area contributed by atoms with Gasteiger partial charge in [0, 0.05) is 5.57 Å². The first kappa shape index (κ1) is 13.2. The first-order valence-electron chi connectivity index (χ1n) is 5.57. The van der Waals surface area contributed by atoms with Crippen molar-refractivity contribution in [1.82, 2.24) is 0 Å². The maximum Gasteiger partial charge on any atom is 0.333 e. The molecular formula is C12H22O2. The van der Waals surface area contributed by atoms with E-state index in [1.807, 2.05) is 6.92 Å². The van der Waals surface area contributed by atoms with Crippen molar-refractivity contribution < 1.29 is 9.53 Å². The van der Waals surface area contributed by atoms with Crippen LogP contribution in [0, 0.1) is 0 Å². The Kier molecular flexibility index (Phi) is 8.30. The molecule has 0 aliphatic rings. The van der Waals surface area contributed by atoms with Crippen molar-refractivity contribution in [3.05, 3.63) is 12.2 Å². The molecule has 14 heavy (non-hydrogen) atoms. The highest BCUT2D eigenvalue weighted by atomic mass is 16.5. The van der Waals surface area contributed by atoms with E-state index in [1.165, 1.54) is 12.8 Å². The van der Waals surface area contributed by atoms with Gasteiger partial charge in [-0.25, -0.2) is 4.79 Å². The van der Waals surface area contributed by atoms with Gasteiger partial charge in [-0.2, -0.15) is 0 Å². The molecule has 0 aromatic rings. The minimum Gasteiger partial charge on any atom is -0.462 e. The van der Waals surface area contributed by atoms with Gasteiger partial charge in [0.05, 0.1) is 6.61 Å². The standard InChI is InChI=1S/C12H22O2/c1-4-6-7-8-10-14-12(13)11(3)9-5-2/h3-10H2,1-2H3. The topological polar surface area (TPSA) is 26.3 Å². The summed E-state index contributed by atoms with van der Waals surface area (Å²) in [5.74, 6) is -0.219. The SMILES string of the molecule is C=C(CCC)C(=O)OCCCCCC. The van der Waals surface area contributed by atoms with E-state index in [-0.39, 0.29) is 5.97 Å². The van der Waals surface area contributed by atoms with E-state index in [1.54, 1.807) is 0 Å². The molecule has 0 rings (SSSR count). The van der Waals surface area contributed by atoms with E-state index in [9.17, 15) is 4.79 Å². The van der Waals surface area contributed by atoms with Gasteiger partial charge in [0.1, 0.15) is 0 Å². The molecule has 0 fully saturated rings. The highest BCUT2D eigenvalue weighted by molar-refractivity contribution is 5.87. The average molecular weight is 198 g/mol. The van der Waals surface area contributed by atoms with E-state index in [0.29, 0.717) is 12.2 Å². The molecule has 0 N–H and O–H groups in total. The second kappa shape index (κ2) is 8.79. The molecule has 0 aromatic heterocycles. The summed E-state index contributed by atoms with van der Waals surface area (Å²) in [4.78, 5) is 11.2. The molecule has 0 spiro atoms. The normalized spacial score (nSPS) is 9.86. The molecule has 0 aliphatic carbocycles. The van der Waals surface area contributed by atoms with Crippen LogP contribution in [0.2, 0.25) is 0 Å². The number of carbonyl (C=O) groups is 1. The Morgan fingerprint density at radius 3 is 2.43 bits per heavy atom. The smallest absolute Gasteiger partial charge is 0.333 e. The van der Waals surface area contributed by atoms with Crippen molar-refractivity contribution in [2.75, 3.05) is 6.61 Å². The molecule has 82 valence electrons. The third kappa shape index (κ3) is 6.70. The van der Waals surface area contributed by atoms with Gasteiger partial charge < -0.3 is 4.74 Å². The van der Waals surface area contributed by atoms with Crippen molar-refractivity contribution in [2.45, 2.75) is 52.4 Å². The molecule has 0 bridgehead atoms. The molecule has 0 atom stereocenters. The van der Waals surface area contributed by atoms with Crippen molar-refractivity contribution in [3.63, 3.8) is 0 Å². The van der Waals surface area contributed by atoms with Crippen LogP contribution in [0.1, 0.15) is 52.4 Å². The molecule has 0 saturated carbocycles. The largest absolute Gasteiger partial charge is 0.462 e. The Morgan fingerprint density at radius 1 is 1.14 bits per heavy atom. The molecule has 0 amide bonds. The van der Waals surface area contributed by atoms with Crippen LogP contribution in [-0.2, 0) is 9.53 Å². The van der Waals surface area contributed by atoms with Gasteiger partial charge in [-0.3, -0.25) is 0 Å². The molecule has 0 radical (unpaired) electrons. The number of rotatable bonds is 8. The molecule has 0 saturated heterocycles.